The van der Waals surface area contributed by atoms with Crippen molar-refractivity contribution in [3.63, 3.8) is 0 Å². The third kappa shape index (κ3) is 2.29. The van der Waals surface area contributed by atoms with E-state index in [1.165, 1.54) is 11.1 Å². The quantitative estimate of drug-likeness (QED) is 0.740. The predicted molar refractivity (Wildman–Crippen MR) is 67.2 cm³/mol. The maximum atomic E-state index is 10.7. The molecule has 1 aromatic rings. The smallest absolute Gasteiger partial charge is 0.120 e. The summed E-state index contributed by atoms with van der Waals surface area (Å²) in [4.78, 5) is 10.7. The van der Waals surface area contributed by atoms with Crippen molar-refractivity contribution in [1.29, 1.82) is 5.26 Å². The summed E-state index contributed by atoms with van der Waals surface area (Å²) in [7, 11) is 0. The van der Waals surface area contributed by atoms with Crippen molar-refractivity contribution in [1.82, 2.24) is 0 Å². The number of hydrogen-bond donors (Lipinski definition) is 0. The van der Waals surface area contributed by atoms with E-state index in [2.05, 4.69) is 13.0 Å². The molecule has 0 amide bonds. The third-order valence-electron chi connectivity index (χ3n) is 3.44. The Kier molecular flexibility index (Phi) is 3.39. The summed E-state index contributed by atoms with van der Waals surface area (Å²) in [6, 6.07) is 9.77. The molecule has 1 unspecified atom stereocenters. The van der Waals surface area contributed by atoms with E-state index in [0.717, 1.165) is 24.7 Å². The van der Waals surface area contributed by atoms with Gasteiger partial charge in [0, 0.05) is 6.42 Å². The molecule has 2 nitrogen and oxygen atoms in total. The van der Waals surface area contributed by atoms with E-state index >= 15 is 0 Å². The largest absolute Gasteiger partial charge is 0.303 e. The van der Waals surface area contributed by atoms with Crippen LogP contribution in [0.25, 0.3) is 5.57 Å². The summed E-state index contributed by atoms with van der Waals surface area (Å²) >= 11 is 0. The highest BCUT2D eigenvalue weighted by atomic mass is 16.1. The lowest BCUT2D eigenvalue weighted by atomic mass is 9.91. The fraction of sp³-hybridized carbons (Fsp3) is 0.333. The fourth-order valence-corrected chi connectivity index (χ4v) is 2.58. The zero-order valence-corrected chi connectivity index (χ0v) is 9.94. The molecule has 1 aliphatic carbocycles. The van der Waals surface area contributed by atoms with Crippen molar-refractivity contribution in [3.8, 4) is 6.07 Å². The Balaban J connectivity index is 2.33. The molecule has 0 aromatic heterocycles. The first-order chi connectivity index (χ1) is 8.26. The Morgan fingerprint density at radius 3 is 2.71 bits per heavy atom. The molecule has 0 spiro atoms. The third-order valence-corrected chi connectivity index (χ3v) is 3.44. The van der Waals surface area contributed by atoms with Gasteiger partial charge in [-0.2, -0.15) is 5.26 Å². The highest BCUT2D eigenvalue weighted by Gasteiger charge is 2.23. The normalized spacial score (nSPS) is 19.2. The SMILES string of the molecule is CC1=C(c2ccc(C#N)cc2)C(CC=O)CC1. The molecule has 0 bridgehead atoms. The van der Waals surface area contributed by atoms with E-state index in [1.54, 1.807) is 0 Å². The number of benzene rings is 1. The van der Waals surface area contributed by atoms with Crippen LogP contribution in [0.15, 0.2) is 29.8 Å². The Bertz CT molecular complexity index is 491. The number of carbonyl (C=O) groups is 1. The molecule has 1 aromatic carbocycles. The average molecular weight is 225 g/mol. The van der Waals surface area contributed by atoms with E-state index in [9.17, 15) is 4.79 Å². The standard InChI is InChI=1S/C15H15NO/c1-11-2-5-14(8-9-17)15(11)13-6-3-12(10-16)4-7-13/h3-4,6-7,9,14H,2,5,8H2,1H3. The number of rotatable bonds is 3. The molecule has 0 heterocycles. The van der Waals surface area contributed by atoms with E-state index < -0.39 is 0 Å². The van der Waals surface area contributed by atoms with E-state index in [0.29, 0.717) is 17.9 Å². The minimum atomic E-state index is 0.362. The van der Waals surface area contributed by atoms with Crippen LogP contribution in [0, 0.1) is 17.2 Å². The summed E-state index contributed by atoms with van der Waals surface area (Å²) in [5, 5.41) is 8.77. The Morgan fingerprint density at radius 1 is 1.41 bits per heavy atom. The van der Waals surface area contributed by atoms with Crippen molar-refractivity contribution in [2.75, 3.05) is 0 Å². The molecule has 0 N–H and O–H groups in total. The highest BCUT2D eigenvalue weighted by Crippen LogP contribution is 2.40. The molecule has 0 radical (unpaired) electrons. The van der Waals surface area contributed by atoms with Crippen molar-refractivity contribution in [3.05, 3.63) is 41.0 Å². The lowest BCUT2D eigenvalue weighted by Crippen LogP contribution is -2.00. The van der Waals surface area contributed by atoms with Gasteiger partial charge in [0.1, 0.15) is 6.29 Å². The van der Waals surface area contributed by atoms with Gasteiger partial charge in [-0.05, 0) is 49.0 Å². The Labute approximate surface area is 102 Å². The molecule has 0 aliphatic heterocycles. The first kappa shape index (κ1) is 11.6. The van der Waals surface area contributed by atoms with Gasteiger partial charge in [-0.15, -0.1) is 0 Å². The van der Waals surface area contributed by atoms with Crippen LogP contribution in [0.4, 0.5) is 0 Å². The van der Waals surface area contributed by atoms with Gasteiger partial charge < -0.3 is 4.79 Å². The van der Waals surface area contributed by atoms with Gasteiger partial charge >= 0.3 is 0 Å². The lowest BCUT2D eigenvalue weighted by molar-refractivity contribution is -0.108. The van der Waals surface area contributed by atoms with Gasteiger partial charge in [-0.25, -0.2) is 0 Å². The molecule has 0 fully saturated rings. The average Bonchev–Trinajstić information content (AvgIpc) is 2.71. The zero-order valence-electron chi connectivity index (χ0n) is 9.94. The molecule has 2 rings (SSSR count). The number of hydrogen-bond acceptors (Lipinski definition) is 2. The van der Waals surface area contributed by atoms with Crippen molar-refractivity contribution in [2.45, 2.75) is 26.2 Å². The summed E-state index contributed by atoms with van der Waals surface area (Å²) in [5.41, 5.74) is 4.52. The number of aldehydes is 1. The van der Waals surface area contributed by atoms with E-state index in [1.807, 2.05) is 24.3 Å². The van der Waals surface area contributed by atoms with Gasteiger partial charge in [0.25, 0.3) is 0 Å². The van der Waals surface area contributed by atoms with Gasteiger partial charge in [0.15, 0.2) is 0 Å². The van der Waals surface area contributed by atoms with Crippen LogP contribution in [-0.4, -0.2) is 6.29 Å². The predicted octanol–water partition coefficient (Wildman–Crippen LogP) is 3.33. The van der Waals surface area contributed by atoms with Crippen LogP contribution in [0.3, 0.4) is 0 Å². The topological polar surface area (TPSA) is 40.9 Å². The van der Waals surface area contributed by atoms with Crippen LogP contribution in [0.2, 0.25) is 0 Å². The summed E-state index contributed by atoms with van der Waals surface area (Å²) < 4.78 is 0. The molecule has 2 heteroatoms. The van der Waals surface area contributed by atoms with Crippen molar-refractivity contribution in [2.24, 2.45) is 5.92 Å². The summed E-state index contributed by atoms with van der Waals surface area (Å²) in [6.07, 6.45) is 3.76. The molecule has 17 heavy (non-hydrogen) atoms. The van der Waals surface area contributed by atoms with Gasteiger partial charge in [0.2, 0.25) is 0 Å². The van der Waals surface area contributed by atoms with Crippen molar-refractivity contribution < 1.29 is 4.79 Å². The molecule has 1 aliphatic rings. The Hall–Kier alpha value is -1.88. The maximum Gasteiger partial charge on any atom is 0.120 e. The van der Waals surface area contributed by atoms with Crippen LogP contribution in [-0.2, 0) is 4.79 Å². The second-order valence-electron chi connectivity index (χ2n) is 4.52. The maximum absolute atomic E-state index is 10.7. The van der Waals surface area contributed by atoms with Crippen molar-refractivity contribution >= 4 is 11.9 Å². The molecule has 0 saturated carbocycles. The zero-order chi connectivity index (χ0) is 12.3. The first-order valence-corrected chi connectivity index (χ1v) is 5.90. The summed E-state index contributed by atoms with van der Waals surface area (Å²) in [5.74, 6) is 0.362. The monoisotopic (exact) mass is 225 g/mol. The number of nitrogens with zero attached hydrogens (tertiary/aromatic N) is 1. The molecular weight excluding hydrogens is 210 g/mol. The van der Waals surface area contributed by atoms with E-state index in [-0.39, 0.29) is 0 Å². The van der Waals surface area contributed by atoms with Gasteiger partial charge in [-0.3, -0.25) is 0 Å². The second kappa shape index (κ2) is 4.97. The second-order valence-corrected chi connectivity index (χ2v) is 4.52. The van der Waals surface area contributed by atoms with Crippen LogP contribution in [0.1, 0.15) is 37.3 Å². The summed E-state index contributed by atoms with van der Waals surface area (Å²) in [6.45, 7) is 2.14. The fourth-order valence-electron chi connectivity index (χ4n) is 2.58. The molecule has 1 atom stereocenters. The van der Waals surface area contributed by atoms with Crippen LogP contribution >= 0.6 is 0 Å². The van der Waals surface area contributed by atoms with Gasteiger partial charge in [0.05, 0.1) is 11.6 Å². The minimum Gasteiger partial charge on any atom is -0.303 e. The molecule has 86 valence electrons. The van der Waals surface area contributed by atoms with Gasteiger partial charge in [-0.1, -0.05) is 17.7 Å². The number of carbonyl (C=O) groups excluding carboxylic acids is 1. The van der Waals surface area contributed by atoms with E-state index in [4.69, 9.17) is 5.26 Å². The number of allylic oxidation sites excluding steroid dienone is 2. The number of nitriles is 1. The lowest BCUT2D eigenvalue weighted by Gasteiger charge is -2.13. The first-order valence-electron chi connectivity index (χ1n) is 5.90. The highest BCUT2D eigenvalue weighted by molar-refractivity contribution is 5.74. The minimum absolute atomic E-state index is 0.362. The Morgan fingerprint density at radius 2 is 2.12 bits per heavy atom. The molecular formula is C15H15NO. The van der Waals surface area contributed by atoms with Crippen LogP contribution in [0.5, 0.6) is 0 Å². The van der Waals surface area contributed by atoms with Crippen LogP contribution < -0.4 is 0 Å². The molecule has 0 saturated heterocycles.